The van der Waals surface area contributed by atoms with Crippen molar-refractivity contribution in [1.82, 2.24) is 24.9 Å². The molecular weight excluding hydrogens is 439 g/mol. The number of aliphatic imine (C=N–C) groups is 1. The van der Waals surface area contributed by atoms with Gasteiger partial charge in [-0.2, -0.15) is 0 Å². The fourth-order valence-electron chi connectivity index (χ4n) is 4.50. The summed E-state index contributed by atoms with van der Waals surface area (Å²) in [5.41, 5.74) is 0. The summed E-state index contributed by atoms with van der Waals surface area (Å²) in [6.45, 7) is 11.9. The second-order valence-electron chi connectivity index (χ2n) is 7.96. The molecule has 0 aromatic rings. The predicted octanol–water partition coefficient (Wildman–Crippen LogP) is 1.38. The summed E-state index contributed by atoms with van der Waals surface area (Å²) in [6, 6.07) is 0.736. The third-order valence-electron chi connectivity index (χ3n) is 6.11. The maximum atomic E-state index is 4.55. The molecule has 0 spiro atoms. The first kappa shape index (κ1) is 22.2. The Morgan fingerprint density at radius 3 is 2.54 bits per heavy atom. The van der Waals surface area contributed by atoms with Crippen LogP contribution in [0.15, 0.2) is 4.99 Å². The lowest BCUT2D eigenvalue weighted by atomic mass is 10.1. The van der Waals surface area contributed by atoms with E-state index in [2.05, 4.69) is 37.0 Å². The molecule has 26 heavy (non-hydrogen) atoms. The number of guanidine groups is 1. The van der Waals surface area contributed by atoms with Gasteiger partial charge in [0.15, 0.2) is 5.96 Å². The Hall–Kier alpha value is -0.120. The van der Waals surface area contributed by atoms with Gasteiger partial charge in [-0.15, -0.1) is 24.0 Å². The predicted molar refractivity (Wildman–Crippen MR) is 121 cm³/mol. The van der Waals surface area contributed by atoms with Crippen molar-refractivity contribution in [1.29, 1.82) is 0 Å². The topological polar surface area (TPSA) is 37.4 Å². The largest absolute Gasteiger partial charge is 0.355 e. The smallest absolute Gasteiger partial charge is 0.193 e. The van der Waals surface area contributed by atoms with Crippen LogP contribution in [0.1, 0.15) is 32.1 Å². The number of likely N-dealkylation sites (N-methyl/N-ethyl adjacent to an activating group) is 1. The first-order valence-corrected chi connectivity index (χ1v) is 10.4. The van der Waals surface area contributed by atoms with Crippen LogP contribution in [0, 0.1) is 0 Å². The van der Waals surface area contributed by atoms with Gasteiger partial charge >= 0.3 is 0 Å². The van der Waals surface area contributed by atoms with Crippen LogP contribution >= 0.6 is 24.0 Å². The molecule has 0 aromatic heterocycles. The second kappa shape index (κ2) is 11.7. The van der Waals surface area contributed by atoms with Gasteiger partial charge < -0.3 is 20.0 Å². The lowest BCUT2D eigenvalue weighted by Crippen LogP contribution is -2.46. The highest BCUT2D eigenvalue weighted by Gasteiger charge is 2.29. The van der Waals surface area contributed by atoms with Gasteiger partial charge in [0.2, 0.25) is 0 Å². The van der Waals surface area contributed by atoms with Crippen molar-refractivity contribution in [2.24, 2.45) is 4.99 Å². The minimum Gasteiger partial charge on any atom is -0.355 e. The van der Waals surface area contributed by atoms with Gasteiger partial charge in [-0.1, -0.05) is 6.42 Å². The normalized spacial score (nSPS) is 27.2. The van der Waals surface area contributed by atoms with E-state index in [-0.39, 0.29) is 24.0 Å². The summed E-state index contributed by atoms with van der Waals surface area (Å²) in [4.78, 5) is 14.8. The zero-order valence-electron chi connectivity index (χ0n) is 16.8. The van der Waals surface area contributed by atoms with E-state index in [0.29, 0.717) is 0 Å². The third kappa shape index (κ3) is 6.49. The van der Waals surface area contributed by atoms with Crippen molar-refractivity contribution in [3.8, 4) is 0 Å². The molecule has 3 rings (SSSR count). The van der Waals surface area contributed by atoms with E-state index in [1.807, 2.05) is 7.05 Å². The molecule has 1 unspecified atom stereocenters. The standard InChI is InChI=1S/C19H38N6.HI/c1-20-19(21-8-14-23-10-6-9-22(2)15-16-23)25-13-7-18(17-25)24-11-4-3-5-12-24;/h18H,3-17H2,1-2H3,(H,20,21);1H. The highest BCUT2D eigenvalue weighted by Crippen LogP contribution is 2.20. The average Bonchev–Trinajstić information content (AvgIpc) is 3.04. The van der Waals surface area contributed by atoms with Crippen molar-refractivity contribution in [2.75, 3.05) is 79.5 Å². The highest BCUT2D eigenvalue weighted by molar-refractivity contribution is 14.0. The van der Waals surface area contributed by atoms with Gasteiger partial charge in [0, 0.05) is 52.4 Å². The first-order chi connectivity index (χ1) is 12.3. The molecule has 1 atom stereocenters. The summed E-state index contributed by atoms with van der Waals surface area (Å²) < 4.78 is 0. The number of rotatable bonds is 4. The van der Waals surface area contributed by atoms with Crippen LogP contribution in [-0.2, 0) is 0 Å². The molecule has 3 aliphatic heterocycles. The van der Waals surface area contributed by atoms with E-state index in [4.69, 9.17) is 0 Å². The Bertz CT molecular complexity index is 426. The van der Waals surface area contributed by atoms with E-state index >= 15 is 0 Å². The van der Waals surface area contributed by atoms with E-state index in [1.54, 1.807) is 0 Å². The molecule has 6 nitrogen and oxygen atoms in total. The summed E-state index contributed by atoms with van der Waals surface area (Å²) >= 11 is 0. The van der Waals surface area contributed by atoms with Crippen LogP contribution in [0.5, 0.6) is 0 Å². The minimum atomic E-state index is 0. The quantitative estimate of drug-likeness (QED) is 0.376. The fraction of sp³-hybridized carbons (Fsp3) is 0.947. The molecule has 0 bridgehead atoms. The molecule has 3 aliphatic rings. The molecule has 0 saturated carbocycles. The number of nitrogens with one attached hydrogen (secondary N) is 1. The number of hydrogen-bond acceptors (Lipinski definition) is 4. The molecule has 0 aromatic carbocycles. The average molecular weight is 478 g/mol. The Kier molecular flexibility index (Phi) is 9.94. The highest BCUT2D eigenvalue weighted by atomic mass is 127. The summed E-state index contributed by atoms with van der Waals surface area (Å²) in [6.07, 6.45) is 6.76. The summed E-state index contributed by atoms with van der Waals surface area (Å²) in [5, 5.41) is 3.62. The first-order valence-electron chi connectivity index (χ1n) is 10.4. The number of piperidine rings is 1. The van der Waals surface area contributed by atoms with Crippen LogP contribution in [0.3, 0.4) is 0 Å². The van der Waals surface area contributed by atoms with Gasteiger partial charge in [0.25, 0.3) is 0 Å². The van der Waals surface area contributed by atoms with E-state index < -0.39 is 0 Å². The van der Waals surface area contributed by atoms with E-state index in [9.17, 15) is 0 Å². The molecule has 152 valence electrons. The SMILES string of the molecule is CN=C(NCCN1CCCN(C)CC1)N1CCC(N2CCCCC2)C1.I. The molecule has 0 radical (unpaired) electrons. The van der Waals surface area contributed by atoms with Crippen molar-refractivity contribution >= 4 is 29.9 Å². The summed E-state index contributed by atoms with van der Waals surface area (Å²) in [5.74, 6) is 1.10. The van der Waals surface area contributed by atoms with Gasteiger partial charge in [-0.3, -0.25) is 9.89 Å². The molecule has 0 aliphatic carbocycles. The van der Waals surface area contributed by atoms with Crippen LogP contribution in [0.25, 0.3) is 0 Å². The number of nitrogens with zero attached hydrogens (tertiary/aromatic N) is 5. The number of likely N-dealkylation sites (tertiary alicyclic amines) is 2. The van der Waals surface area contributed by atoms with Gasteiger partial charge in [-0.05, 0) is 58.9 Å². The van der Waals surface area contributed by atoms with Crippen LogP contribution in [0.4, 0.5) is 0 Å². The fourth-order valence-corrected chi connectivity index (χ4v) is 4.50. The van der Waals surface area contributed by atoms with Crippen molar-refractivity contribution in [3.05, 3.63) is 0 Å². The molecule has 0 amide bonds. The third-order valence-corrected chi connectivity index (χ3v) is 6.11. The van der Waals surface area contributed by atoms with Gasteiger partial charge in [0.05, 0.1) is 0 Å². The number of hydrogen-bond donors (Lipinski definition) is 1. The zero-order chi connectivity index (χ0) is 17.5. The van der Waals surface area contributed by atoms with Crippen LogP contribution < -0.4 is 5.32 Å². The van der Waals surface area contributed by atoms with E-state index in [1.165, 1.54) is 71.4 Å². The summed E-state index contributed by atoms with van der Waals surface area (Å²) in [7, 11) is 4.16. The second-order valence-corrected chi connectivity index (χ2v) is 7.96. The van der Waals surface area contributed by atoms with Crippen molar-refractivity contribution < 1.29 is 0 Å². The minimum absolute atomic E-state index is 0. The van der Waals surface area contributed by atoms with E-state index in [0.717, 1.165) is 38.2 Å². The maximum absolute atomic E-state index is 4.55. The maximum Gasteiger partial charge on any atom is 0.193 e. The monoisotopic (exact) mass is 478 g/mol. The van der Waals surface area contributed by atoms with Crippen LogP contribution in [-0.4, -0.2) is 111 Å². The van der Waals surface area contributed by atoms with Gasteiger partial charge in [0.1, 0.15) is 0 Å². The van der Waals surface area contributed by atoms with Crippen molar-refractivity contribution in [2.45, 2.75) is 38.1 Å². The Morgan fingerprint density at radius 2 is 1.77 bits per heavy atom. The van der Waals surface area contributed by atoms with Crippen LogP contribution in [0.2, 0.25) is 0 Å². The Balaban J connectivity index is 0.00000243. The van der Waals surface area contributed by atoms with Gasteiger partial charge in [-0.25, -0.2) is 0 Å². The molecule has 3 fully saturated rings. The molecular formula is C19H39IN6. The molecule has 7 heteroatoms. The molecule has 1 N–H and O–H groups in total. The molecule has 3 heterocycles. The Labute approximate surface area is 177 Å². The lowest BCUT2D eigenvalue weighted by molar-refractivity contribution is 0.168. The number of halogens is 1. The Morgan fingerprint density at radius 1 is 0.962 bits per heavy atom. The zero-order valence-corrected chi connectivity index (χ0v) is 19.2. The lowest BCUT2D eigenvalue weighted by Gasteiger charge is -2.32. The van der Waals surface area contributed by atoms with Crippen molar-refractivity contribution in [3.63, 3.8) is 0 Å². The molecule has 3 saturated heterocycles.